The molecule has 0 aliphatic carbocycles. The monoisotopic (exact) mass is 336 g/mol. The molecule has 3 rings (SSSR count). The molecule has 0 bridgehead atoms. The number of aryl methyl sites for hydroxylation is 3. The molecule has 25 heavy (non-hydrogen) atoms. The molecule has 0 fully saturated rings. The van der Waals surface area contributed by atoms with Crippen molar-refractivity contribution in [3.05, 3.63) is 71.1 Å². The van der Waals surface area contributed by atoms with Crippen LogP contribution in [0, 0.1) is 20.8 Å². The maximum atomic E-state index is 12.3. The van der Waals surface area contributed by atoms with Crippen molar-refractivity contribution in [2.45, 2.75) is 27.3 Å². The normalized spacial score (nSPS) is 10.5. The highest BCUT2D eigenvalue weighted by atomic mass is 16.3. The van der Waals surface area contributed by atoms with Gasteiger partial charge in [0.15, 0.2) is 0 Å². The molecule has 0 unspecified atom stereocenters. The van der Waals surface area contributed by atoms with E-state index >= 15 is 0 Å². The topological polar surface area (TPSA) is 80.0 Å². The Balaban J connectivity index is 1.76. The first-order valence-corrected chi connectivity index (χ1v) is 8.02. The van der Waals surface area contributed by atoms with Gasteiger partial charge < -0.3 is 15.1 Å². The predicted molar refractivity (Wildman–Crippen MR) is 95.8 cm³/mol. The van der Waals surface area contributed by atoms with Crippen molar-refractivity contribution in [2.24, 2.45) is 0 Å². The third kappa shape index (κ3) is 4.23. The summed E-state index contributed by atoms with van der Waals surface area (Å²) >= 11 is 0. The lowest BCUT2D eigenvalue weighted by molar-refractivity contribution is 0.0942. The standard InChI is InChI=1S/C19H20N4O2/c1-12-6-7-16(13(2)9-12)23-18-10-17(21-14(3)22-18)19(24)20-11-15-5-4-8-25-15/h4-10H,11H2,1-3H3,(H,20,24)(H,21,22,23). The summed E-state index contributed by atoms with van der Waals surface area (Å²) in [7, 11) is 0. The number of benzene rings is 1. The third-order valence-electron chi connectivity index (χ3n) is 3.72. The lowest BCUT2D eigenvalue weighted by atomic mass is 10.1. The molecule has 0 aliphatic rings. The zero-order chi connectivity index (χ0) is 17.8. The van der Waals surface area contributed by atoms with E-state index in [0.717, 1.165) is 11.3 Å². The Morgan fingerprint density at radius 3 is 2.68 bits per heavy atom. The summed E-state index contributed by atoms with van der Waals surface area (Å²) < 4.78 is 5.21. The van der Waals surface area contributed by atoms with Gasteiger partial charge in [-0.3, -0.25) is 4.79 Å². The molecule has 2 aromatic heterocycles. The number of hydrogen-bond acceptors (Lipinski definition) is 5. The Morgan fingerprint density at radius 1 is 1.12 bits per heavy atom. The summed E-state index contributed by atoms with van der Waals surface area (Å²) in [6.45, 7) is 6.15. The molecule has 6 nitrogen and oxygen atoms in total. The third-order valence-corrected chi connectivity index (χ3v) is 3.72. The smallest absolute Gasteiger partial charge is 0.270 e. The van der Waals surface area contributed by atoms with Crippen LogP contribution in [0.25, 0.3) is 0 Å². The fourth-order valence-corrected chi connectivity index (χ4v) is 2.51. The number of nitrogens with zero attached hydrogens (tertiary/aromatic N) is 2. The second-order valence-electron chi connectivity index (χ2n) is 5.89. The van der Waals surface area contributed by atoms with Gasteiger partial charge in [-0.05, 0) is 44.5 Å². The zero-order valence-corrected chi connectivity index (χ0v) is 14.5. The number of amides is 1. The number of carbonyl (C=O) groups is 1. The van der Waals surface area contributed by atoms with E-state index < -0.39 is 0 Å². The minimum absolute atomic E-state index is 0.273. The highest BCUT2D eigenvalue weighted by Gasteiger charge is 2.11. The van der Waals surface area contributed by atoms with Crippen LogP contribution >= 0.6 is 0 Å². The molecular formula is C19H20N4O2. The van der Waals surface area contributed by atoms with E-state index in [1.165, 1.54) is 5.56 Å². The molecule has 1 amide bonds. The second kappa shape index (κ2) is 7.17. The van der Waals surface area contributed by atoms with Gasteiger partial charge >= 0.3 is 0 Å². The zero-order valence-electron chi connectivity index (χ0n) is 14.5. The maximum Gasteiger partial charge on any atom is 0.270 e. The molecule has 2 heterocycles. The molecule has 128 valence electrons. The van der Waals surface area contributed by atoms with Crippen LogP contribution in [0.3, 0.4) is 0 Å². The van der Waals surface area contributed by atoms with Gasteiger partial charge in [-0.1, -0.05) is 17.7 Å². The minimum Gasteiger partial charge on any atom is -0.467 e. The van der Waals surface area contributed by atoms with E-state index in [1.54, 1.807) is 31.4 Å². The highest BCUT2D eigenvalue weighted by molar-refractivity contribution is 5.93. The predicted octanol–water partition coefficient (Wildman–Crippen LogP) is 3.67. The van der Waals surface area contributed by atoms with Crippen LogP contribution < -0.4 is 10.6 Å². The number of carbonyl (C=O) groups excluding carboxylic acids is 1. The van der Waals surface area contributed by atoms with Gasteiger partial charge in [0.05, 0.1) is 12.8 Å². The number of hydrogen-bond donors (Lipinski definition) is 2. The molecule has 6 heteroatoms. The summed E-state index contributed by atoms with van der Waals surface area (Å²) in [4.78, 5) is 20.9. The fraction of sp³-hybridized carbons (Fsp3) is 0.211. The number of rotatable bonds is 5. The summed E-state index contributed by atoms with van der Waals surface area (Å²) in [5.41, 5.74) is 3.57. The Bertz CT molecular complexity index is 888. The SMILES string of the molecule is Cc1ccc(Nc2cc(C(=O)NCc3ccco3)nc(C)n2)c(C)c1. The summed E-state index contributed by atoms with van der Waals surface area (Å²) in [6.07, 6.45) is 1.57. The average molecular weight is 336 g/mol. The van der Waals surface area contributed by atoms with Crippen molar-refractivity contribution >= 4 is 17.4 Å². The van der Waals surface area contributed by atoms with Gasteiger partial charge in [0.25, 0.3) is 5.91 Å². The molecule has 0 radical (unpaired) electrons. The molecule has 0 atom stereocenters. The first-order valence-electron chi connectivity index (χ1n) is 8.02. The van der Waals surface area contributed by atoms with Crippen LogP contribution in [0.1, 0.15) is 33.2 Å². The van der Waals surface area contributed by atoms with Crippen molar-refractivity contribution in [3.63, 3.8) is 0 Å². The fourth-order valence-electron chi connectivity index (χ4n) is 2.51. The van der Waals surface area contributed by atoms with E-state index in [2.05, 4.69) is 26.7 Å². The van der Waals surface area contributed by atoms with Crippen LogP contribution in [-0.2, 0) is 6.54 Å². The Kier molecular flexibility index (Phi) is 4.79. The van der Waals surface area contributed by atoms with Gasteiger partial charge in [0, 0.05) is 11.8 Å². The molecule has 0 spiro atoms. The van der Waals surface area contributed by atoms with E-state index in [9.17, 15) is 4.79 Å². The van der Waals surface area contributed by atoms with Crippen molar-refractivity contribution in [2.75, 3.05) is 5.32 Å². The molecule has 0 aliphatic heterocycles. The maximum absolute atomic E-state index is 12.3. The number of aromatic nitrogens is 2. The van der Waals surface area contributed by atoms with Crippen molar-refractivity contribution in [1.29, 1.82) is 0 Å². The highest BCUT2D eigenvalue weighted by Crippen LogP contribution is 2.20. The number of furan rings is 1. The molecule has 1 aromatic carbocycles. The lowest BCUT2D eigenvalue weighted by Crippen LogP contribution is -2.24. The largest absolute Gasteiger partial charge is 0.467 e. The lowest BCUT2D eigenvalue weighted by Gasteiger charge is -2.11. The number of nitrogens with one attached hydrogen (secondary N) is 2. The van der Waals surface area contributed by atoms with Crippen molar-refractivity contribution in [1.82, 2.24) is 15.3 Å². The van der Waals surface area contributed by atoms with Crippen LogP contribution in [0.15, 0.2) is 47.1 Å². The molecule has 0 saturated carbocycles. The summed E-state index contributed by atoms with van der Waals surface area (Å²) in [5.74, 6) is 1.53. The van der Waals surface area contributed by atoms with Gasteiger partial charge in [-0.15, -0.1) is 0 Å². The van der Waals surface area contributed by atoms with E-state index in [0.29, 0.717) is 29.6 Å². The second-order valence-corrected chi connectivity index (χ2v) is 5.89. The molecule has 3 aromatic rings. The summed E-state index contributed by atoms with van der Waals surface area (Å²) in [6, 6.07) is 11.3. The number of anilines is 2. The van der Waals surface area contributed by atoms with Gasteiger partial charge in [-0.25, -0.2) is 9.97 Å². The Labute approximate surface area is 146 Å². The molecule has 0 saturated heterocycles. The van der Waals surface area contributed by atoms with Gasteiger partial charge in [0.2, 0.25) is 0 Å². The molecular weight excluding hydrogens is 316 g/mol. The first kappa shape index (κ1) is 16.7. The average Bonchev–Trinajstić information content (AvgIpc) is 3.08. The summed E-state index contributed by atoms with van der Waals surface area (Å²) in [5, 5.41) is 6.04. The van der Waals surface area contributed by atoms with E-state index in [1.807, 2.05) is 26.0 Å². The Morgan fingerprint density at radius 2 is 1.96 bits per heavy atom. The van der Waals surface area contributed by atoms with Crippen molar-refractivity contribution < 1.29 is 9.21 Å². The minimum atomic E-state index is -0.273. The van der Waals surface area contributed by atoms with Crippen LogP contribution in [0.4, 0.5) is 11.5 Å². The quantitative estimate of drug-likeness (QED) is 0.743. The van der Waals surface area contributed by atoms with E-state index in [4.69, 9.17) is 4.42 Å². The first-order chi connectivity index (χ1) is 12.0. The van der Waals surface area contributed by atoms with Gasteiger partial charge in [0.1, 0.15) is 23.1 Å². The van der Waals surface area contributed by atoms with Crippen molar-refractivity contribution in [3.8, 4) is 0 Å². The van der Waals surface area contributed by atoms with E-state index in [-0.39, 0.29) is 5.91 Å². The van der Waals surface area contributed by atoms with Crippen LogP contribution in [0.2, 0.25) is 0 Å². The van der Waals surface area contributed by atoms with Gasteiger partial charge in [-0.2, -0.15) is 0 Å². The van der Waals surface area contributed by atoms with Crippen LogP contribution in [-0.4, -0.2) is 15.9 Å². The Hall–Kier alpha value is -3.15. The van der Waals surface area contributed by atoms with Crippen LogP contribution in [0.5, 0.6) is 0 Å². The molecule has 2 N–H and O–H groups in total.